The van der Waals surface area contributed by atoms with Crippen molar-refractivity contribution in [2.45, 2.75) is 10.7 Å². The molecule has 0 heterocycles. The summed E-state index contributed by atoms with van der Waals surface area (Å²) in [4.78, 5) is 12.6. The van der Waals surface area contributed by atoms with Gasteiger partial charge in [-0.05, 0) is 11.1 Å². The van der Waals surface area contributed by atoms with E-state index in [0.717, 1.165) is 22.3 Å². The van der Waals surface area contributed by atoms with Gasteiger partial charge in [0.05, 0.1) is 0 Å². The van der Waals surface area contributed by atoms with Crippen LogP contribution in [0.15, 0.2) is 48.5 Å². The van der Waals surface area contributed by atoms with Gasteiger partial charge in [-0.3, -0.25) is 4.79 Å². The fraction of sp³-hybridized carbons (Fsp3) is 0.133. The zero-order chi connectivity index (χ0) is 13.0. The van der Waals surface area contributed by atoms with E-state index in [1.54, 1.807) is 0 Å². The standard InChI is InChI=1S/C15H12Br2O/c16-9-11-5-1-3-7-13(11)15(18)14-8-4-2-6-12(14)10-17/h1-8H,9-10H2. The average molecular weight is 368 g/mol. The van der Waals surface area contributed by atoms with E-state index >= 15 is 0 Å². The molecule has 0 atom stereocenters. The van der Waals surface area contributed by atoms with E-state index in [4.69, 9.17) is 0 Å². The third-order valence-corrected chi connectivity index (χ3v) is 4.02. The first-order valence-electron chi connectivity index (χ1n) is 5.60. The van der Waals surface area contributed by atoms with Gasteiger partial charge in [-0.25, -0.2) is 0 Å². The summed E-state index contributed by atoms with van der Waals surface area (Å²) in [6.07, 6.45) is 0. The fourth-order valence-electron chi connectivity index (χ4n) is 1.86. The first kappa shape index (κ1) is 13.5. The average Bonchev–Trinajstić information content (AvgIpc) is 2.46. The minimum absolute atomic E-state index is 0.0834. The predicted octanol–water partition coefficient (Wildman–Crippen LogP) is 4.71. The quantitative estimate of drug-likeness (QED) is 0.565. The second-order valence-corrected chi connectivity index (χ2v) is 5.03. The van der Waals surface area contributed by atoms with Gasteiger partial charge in [0.1, 0.15) is 0 Å². The molecule has 0 spiro atoms. The van der Waals surface area contributed by atoms with Crippen molar-refractivity contribution in [3.63, 3.8) is 0 Å². The van der Waals surface area contributed by atoms with Crippen LogP contribution in [0.25, 0.3) is 0 Å². The molecule has 0 aromatic heterocycles. The van der Waals surface area contributed by atoms with Crippen LogP contribution in [-0.4, -0.2) is 5.78 Å². The SMILES string of the molecule is O=C(c1ccccc1CBr)c1ccccc1CBr. The number of carbonyl (C=O) groups excluding carboxylic acids is 1. The van der Waals surface area contributed by atoms with Crippen LogP contribution in [0.5, 0.6) is 0 Å². The zero-order valence-electron chi connectivity index (χ0n) is 9.70. The number of benzene rings is 2. The van der Waals surface area contributed by atoms with Gasteiger partial charge in [0.2, 0.25) is 0 Å². The van der Waals surface area contributed by atoms with E-state index in [1.165, 1.54) is 0 Å². The fourth-order valence-corrected chi connectivity index (χ4v) is 2.84. The molecule has 0 fully saturated rings. The molecule has 2 aromatic carbocycles. The highest BCUT2D eigenvalue weighted by Crippen LogP contribution is 2.20. The first-order valence-corrected chi connectivity index (χ1v) is 7.84. The highest BCUT2D eigenvalue weighted by atomic mass is 79.9. The summed E-state index contributed by atoms with van der Waals surface area (Å²) >= 11 is 6.85. The summed E-state index contributed by atoms with van der Waals surface area (Å²) in [5.74, 6) is 0.0834. The van der Waals surface area contributed by atoms with Crippen molar-refractivity contribution in [1.29, 1.82) is 0 Å². The minimum Gasteiger partial charge on any atom is -0.289 e. The number of carbonyl (C=O) groups is 1. The van der Waals surface area contributed by atoms with Crippen LogP contribution in [0, 0.1) is 0 Å². The number of halogens is 2. The Hall–Kier alpha value is -0.930. The third-order valence-electron chi connectivity index (χ3n) is 2.81. The predicted molar refractivity (Wildman–Crippen MR) is 81.6 cm³/mol. The monoisotopic (exact) mass is 366 g/mol. The summed E-state index contributed by atoms with van der Waals surface area (Å²) in [5, 5.41) is 1.37. The smallest absolute Gasteiger partial charge is 0.193 e. The van der Waals surface area contributed by atoms with Crippen molar-refractivity contribution in [3.8, 4) is 0 Å². The Morgan fingerprint density at radius 2 is 1.17 bits per heavy atom. The van der Waals surface area contributed by atoms with Gasteiger partial charge in [-0.1, -0.05) is 80.4 Å². The highest BCUT2D eigenvalue weighted by molar-refractivity contribution is 9.08. The zero-order valence-corrected chi connectivity index (χ0v) is 12.9. The second-order valence-electron chi connectivity index (χ2n) is 3.91. The van der Waals surface area contributed by atoms with E-state index in [0.29, 0.717) is 10.7 Å². The summed E-state index contributed by atoms with van der Waals surface area (Å²) in [5.41, 5.74) is 3.57. The van der Waals surface area contributed by atoms with Gasteiger partial charge in [-0.15, -0.1) is 0 Å². The lowest BCUT2D eigenvalue weighted by Gasteiger charge is -2.09. The van der Waals surface area contributed by atoms with Gasteiger partial charge in [0, 0.05) is 21.8 Å². The van der Waals surface area contributed by atoms with Crippen molar-refractivity contribution < 1.29 is 4.79 Å². The Morgan fingerprint density at radius 1 is 0.778 bits per heavy atom. The van der Waals surface area contributed by atoms with Crippen molar-refractivity contribution in [2.24, 2.45) is 0 Å². The van der Waals surface area contributed by atoms with Crippen LogP contribution in [-0.2, 0) is 10.7 Å². The maximum atomic E-state index is 12.6. The number of hydrogen-bond acceptors (Lipinski definition) is 1. The molecule has 0 saturated heterocycles. The van der Waals surface area contributed by atoms with Crippen LogP contribution in [0.2, 0.25) is 0 Å². The summed E-state index contributed by atoms with van der Waals surface area (Å²) in [6, 6.07) is 15.4. The molecule has 0 aliphatic carbocycles. The molecule has 0 radical (unpaired) electrons. The summed E-state index contributed by atoms with van der Waals surface area (Å²) in [7, 11) is 0. The molecule has 2 rings (SSSR count). The molecule has 0 bridgehead atoms. The molecule has 18 heavy (non-hydrogen) atoms. The van der Waals surface area contributed by atoms with Crippen molar-refractivity contribution in [2.75, 3.05) is 0 Å². The van der Waals surface area contributed by atoms with Crippen molar-refractivity contribution >= 4 is 37.6 Å². The number of hydrogen-bond donors (Lipinski definition) is 0. The molecule has 2 aromatic rings. The molecule has 0 amide bonds. The van der Waals surface area contributed by atoms with Crippen molar-refractivity contribution in [3.05, 3.63) is 70.8 Å². The Morgan fingerprint density at radius 3 is 1.56 bits per heavy atom. The molecule has 0 saturated carbocycles. The van der Waals surface area contributed by atoms with Gasteiger partial charge in [0.25, 0.3) is 0 Å². The van der Waals surface area contributed by atoms with Gasteiger partial charge >= 0.3 is 0 Å². The van der Waals surface area contributed by atoms with Crippen molar-refractivity contribution in [1.82, 2.24) is 0 Å². The second kappa shape index (κ2) is 6.30. The Bertz CT molecular complexity index is 514. The maximum Gasteiger partial charge on any atom is 0.193 e. The third kappa shape index (κ3) is 2.73. The van der Waals surface area contributed by atoms with Crippen LogP contribution in [0.3, 0.4) is 0 Å². The molecule has 3 heteroatoms. The van der Waals surface area contributed by atoms with Crippen LogP contribution in [0.4, 0.5) is 0 Å². The summed E-state index contributed by atoms with van der Waals surface area (Å²) in [6.45, 7) is 0. The van der Waals surface area contributed by atoms with Crippen LogP contribution >= 0.6 is 31.9 Å². The molecule has 0 aliphatic heterocycles. The molecule has 1 nitrogen and oxygen atoms in total. The Kier molecular flexibility index (Phi) is 4.72. The number of ketones is 1. The Balaban J connectivity index is 2.48. The molecule has 0 N–H and O–H groups in total. The lowest BCUT2D eigenvalue weighted by molar-refractivity contribution is 0.103. The molecular weight excluding hydrogens is 356 g/mol. The van der Waals surface area contributed by atoms with Gasteiger partial charge in [-0.2, -0.15) is 0 Å². The van der Waals surface area contributed by atoms with E-state index in [2.05, 4.69) is 31.9 Å². The molecule has 0 unspecified atom stereocenters. The number of rotatable bonds is 4. The molecule has 0 aliphatic rings. The minimum atomic E-state index is 0.0834. The van der Waals surface area contributed by atoms with E-state index in [1.807, 2.05) is 48.5 Å². The van der Waals surface area contributed by atoms with E-state index < -0.39 is 0 Å². The lowest BCUT2D eigenvalue weighted by atomic mass is 9.96. The van der Waals surface area contributed by atoms with E-state index in [-0.39, 0.29) is 5.78 Å². The first-order chi connectivity index (χ1) is 8.77. The maximum absolute atomic E-state index is 12.6. The lowest BCUT2D eigenvalue weighted by Crippen LogP contribution is -2.07. The number of alkyl halides is 2. The topological polar surface area (TPSA) is 17.1 Å². The normalized spacial score (nSPS) is 10.3. The Labute approximate surface area is 123 Å². The largest absolute Gasteiger partial charge is 0.289 e. The van der Waals surface area contributed by atoms with Gasteiger partial charge < -0.3 is 0 Å². The van der Waals surface area contributed by atoms with Crippen LogP contribution in [0.1, 0.15) is 27.0 Å². The van der Waals surface area contributed by atoms with Gasteiger partial charge in [0.15, 0.2) is 5.78 Å². The van der Waals surface area contributed by atoms with Crippen LogP contribution < -0.4 is 0 Å². The molecular formula is C15H12Br2O. The molecule has 92 valence electrons. The summed E-state index contributed by atoms with van der Waals surface area (Å²) < 4.78 is 0. The van der Waals surface area contributed by atoms with E-state index in [9.17, 15) is 4.79 Å². The highest BCUT2D eigenvalue weighted by Gasteiger charge is 2.15.